The van der Waals surface area contributed by atoms with Gasteiger partial charge in [0.2, 0.25) is 5.91 Å². The molecule has 2 amide bonds. The van der Waals surface area contributed by atoms with E-state index in [-0.39, 0.29) is 30.6 Å². The smallest absolute Gasteiger partial charge is 0.261 e. The Hall–Kier alpha value is -1.72. The van der Waals surface area contributed by atoms with Crippen molar-refractivity contribution in [3.05, 3.63) is 35.9 Å². The average molecular weight is 261 g/mol. The molecule has 0 aromatic heterocycles. The van der Waals surface area contributed by atoms with E-state index in [0.29, 0.717) is 12.8 Å². The van der Waals surface area contributed by atoms with Gasteiger partial charge in [0.1, 0.15) is 6.10 Å². The van der Waals surface area contributed by atoms with Crippen molar-refractivity contribution >= 4 is 11.8 Å². The van der Waals surface area contributed by atoms with Gasteiger partial charge in [-0.3, -0.25) is 14.5 Å². The Kier molecular flexibility index (Phi) is 3.08. The number of carbonyl (C=O) groups excluding carboxylic acids is 2. The Morgan fingerprint density at radius 3 is 2.79 bits per heavy atom. The molecule has 0 radical (unpaired) electrons. The lowest BCUT2D eigenvalue weighted by molar-refractivity contribution is -0.145. The van der Waals surface area contributed by atoms with Gasteiger partial charge >= 0.3 is 0 Å². The molecule has 2 aliphatic rings. The fourth-order valence-electron chi connectivity index (χ4n) is 2.55. The van der Waals surface area contributed by atoms with Crippen molar-refractivity contribution in [3.63, 3.8) is 0 Å². The van der Waals surface area contributed by atoms with Crippen molar-refractivity contribution in [1.29, 1.82) is 0 Å². The third-order valence-electron chi connectivity index (χ3n) is 3.64. The molecule has 0 saturated carbocycles. The number of benzene rings is 1. The summed E-state index contributed by atoms with van der Waals surface area (Å²) in [5.74, 6) is -0.540. The standard InChI is InChI=1S/C14H15NO4/c16-8-10-6-7-11(17)15(10)14(18)13-12(19-13)9-4-2-1-3-5-9/h1-5,10,12-13,16H,6-8H2/t10-,12-,13+/m0/s1. The highest BCUT2D eigenvalue weighted by Crippen LogP contribution is 2.40. The lowest BCUT2D eigenvalue weighted by Gasteiger charge is -2.20. The normalized spacial score (nSPS) is 29.6. The minimum atomic E-state index is -0.585. The Morgan fingerprint density at radius 1 is 1.37 bits per heavy atom. The molecule has 3 rings (SSSR count). The highest BCUT2D eigenvalue weighted by atomic mass is 16.6. The molecule has 2 aliphatic heterocycles. The summed E-state index contributed by atoms with van der Waals surface area (Å²) in [5, 5.41) is 9.20. The first-order valence-corrected chi connectivity index (χ1v) is 6.39. The van der Waals surface area contributed by atoms with E-state index in [1.54, 1.807) is 0 Å². The number of hydrogen-bond acceptors (Lipinski definition) is 4. The Labute approximate surface area is 110 Å². The monoisotopic (exact) mass is 261 g/mol. The molecule has 3 atom stereocenters. The summed E-state index contributed by atoms with van der Waals surface area (Å²) in [6, 6.07) is 9.07. The van der Waals surface area contributed by atoms with Crippen LogP contribution in [-0.4, -0.2) is 40.6 Å². The van der Waals surface area contributed by atoms with Gasteiger partial charge in [-0.05, 0) is 12.0 Å². The van der Waals surface area contributed by atoms with Crippen LogP contribution in [0.15, 0.2) is 30.3 Å². The predicted molar refractivity (Wildman–Crippen MR) is 66.0 cm³/mol. The van der Waals surface area contributed by atoms with Gasteiger partial charge in [-0.15, -0.1) is 0 Å². The first kappa shape index (κ1) is 12.3. The molecule has 100 valence electrons. The van der Waals surface area contributed by atoms with Crippen LogP contribution < -0.4 is 0 Å². The van der Waals surface area contributed by atoms with E-state index >= 15 is 0 Å². The van der Waals surface area contributed by atoms with Crippen LogP contribution in [0, 0.1) is 0 Å². The molecule has 5 heteroatoms. The van der Waals surface area contributed by atoms with Gasteiger partial charge in [0.25, 0.3) is 5.91 Å². The fourth-order valence-corrected chi connectivity index (χ4v) is 2.55. The van der Waals surface area contributed by atoms with Gasteiger partial charge in [-0.1, -0.05) is 30.3 Å². The minimum absolute atomic E-state index is 0.180. The highest BCUT2D eigenvalue weighted by Gasteiger charge is 2.51. The number of epoxide rings is 1. The second kappa shape index (κ2) is 4.75. The van der Waals surface area contributed by atoms with Crippen LogP contribution >= 0.6 is 0 Å². The Morgan fingerprint density at radius 2 is 2.11 bits per heavy atom. The molecule has 1 aromatic rings. The third-order valence-corrected chi connectivity index (χ3v) is 3.64. The maximum absolute atomic E-state index is 12.2. The minimum Gasteiger partial charge on any atom is -0.394 e. The summed E-state index contributed by atoms with van der Waals surface area (Å²) in [7, 11) is 0. The number of imide groups is 1. The zero-order valence-corrected chi connectivity index (χ0v) is 10.4. The number of likely N-dealkylation sites (tertiary alicyclic amines) is 1. The summed E-state index contributed by atoms with van der Waals surface area (Å²) >= 11 is 0. The summed E-state index contributed by atoms with van der Waals surface area (Å²) in [4.78, 5) is 25.1. The first-order chi connectivity index (χ1) is 9.22. The van der Waals surface area contributed by atoms with Gasteiger partial charge in [0.15, 0.2) is 6.10 Å². The maximum Gasteiger partial charge on any atom is 0.261 e. The van der Waals surface area contributed by atoms with Crippen molar-refractivity contribution in [2.75, 3.05) is 6.61 Å². The Bertz CT molecular complexity index is 501. The topological polar surface area (TPSA) is 70.1 Å². The van der Waals surface area contributed by atoms with E-state index in [9.17, 15) is 14.7 Å². The predicted octanol–water partition coefficient (Wildman–Crippen LogP) is 0.636. The van der Waals surface area contributed by atoms with Gasteiger partial charge in [-0.2, -0.15) is 0 Å². The van der Waals surface area contributed by atoms with E-state index in [1.165, 1.54) is 4.90 Å². The molecule has 5 nitrogen and oxygen atoms in total. The van der Waals surface area contributed by atoms with Crippen LogP contribution in [-0.2, 0) is 14.3 Å². The molecule has 0 bridgehead atoms. The van der Waals surface area contributed by atoms with Crippen LogP contribution in [0.25, 0.3) is 0 Å². The van der Waals surface area contributed by atoms with E-state index < -0.39 is 6.10 Å². The van der Waals surface area contributed by atoms with Gasteiger partial charge < -0.3 is 9.84 Å². The van der Waals surface area contributed by atoms with Crippen molar-refractivity contribution in [3.8, 4) is 0 Å². The molecule has 2 fully saturated rings. The molecule has 1 N–H and O–H groups in total. The van der Waals surface area contributed by atoms with E-state index in [1.807, 2.05) is 30.3 Å². The van der Waals surface area contributed by atoms with Crippen molar-refractivity contribution in [1.82, 2.24) is 4.90 Å². The van der Waals surface area contributed by atoms with Crippen molar-refractivity contribution in [2.24, 2.45) is 0 Å². The van der Waals surface area contributed by atoms with Crippen molar-refractivity contribution < 1.29 is 19.4 Å². The SMILES string of the molecule is O=C1CC[C@@H](CO)N1C(=O)[C@@H]1O[C@H]1c1ccccc1. The molecule has 19 heavy (non-hydrogen) atoms. The Balaban J connectivity index is 1.71. The molecule has 0 aliphatic carbocycles. The third kappa shape index (κ3) is 2.15. The molecule has 2 saturated heterocycles. The summed E-state index contributed by atoms with van der Waals surface area (Å²) < 4.78 is 5.39. The molecule has 2 heterocycles. The second-order valence-electron chi connectivity index (χ2n) is 4.87. The quantitative estimate of drug-likeness (QED) is 0.640. The van der Waals surface area contributed by atoms with Gasteiger partial charge in [0, 0.05) is 6.42 Å². The number of amides is 2. The maximum atomic E-state index is 12.2. The average Bonchev–Trinajstić information content (AvgIpc) is 3.16. The second-order valence-corrected chi connectivity index (χ2v) is 4.87. The van der Waals surface area contributed by atoms with Gasteiger partial charge in [-0.25, -0.2) is 0 Å². The van der Waals surface area contributed by atoms with E-state index in [0.717, 1.165) is 5.56 Å². The van der Waals surface area contributed by atoms with Crippen LogP contribution in [0.1, 0.15) is 24.5 Å². The van der Waals surface area contributed by atoms with E-state index in [4.69, 9.17) is 4.74 Å². The van der Waals surface area contributed by atoms with Crippen LogP contribution in [0.5, 0.6) is 0 Å². The molecule has 0 unspecified atom stereocenters. The van der Waals surface area contributed by atoms with Crippen LogP contribution in [0.2, 0.25) is 0 Å². The lowest BCUT2D eigenvalue weighted by Crippen LogP contribution is -2.43. The number of nitrogens with zero attached hydrogens (tertiary/aromatic N) is 1. The summed E-state index contributed by atoms with van der Waals surface area (Å²) in [5.41, 5.74) is 0.938. The van der Waals surface area contributed by atoms with E-state index in [2.05, 4.69) is 0 Å². The number of ether oxygens (including phenoxy) is 1. The van der Waals surface area contributed by atoms with Crippen LogP contribution in [0.4, 0.5) is 0 Å². The molecular formula is C14H15NO4. The van der Waals surface area contributed by atoms with Gasteiger partial charge in [0.05, 0.1) is 12.6 Å². The summed E-state index contributed by atoms with van der Waals surface area (Å²) in [6.45, 7) is -0.180. The zero-order valence-electron chi connectivity index (χ0n) is 10.4. The number of carbonyl (C=O) groups is 2. The number of aliphatic hydroxyl groups is 1. The first-order valence-electron chi connectivity index (χ1n) is 6.39. The van der Waals surface area contributed by atoms with Crippen LogP contribution in [0.3, 0.4) is 0 Å². The number of hydrogen-bond donors (Lipinski definition) is 1. The lowest BCUT2D eigenvalue weighted by atomic mass is 10.1. The summed E-state index contributed by atoms with van der Waals surface area (Å²) in [6.07, 6.45) is 0.00341. The fraction of sp³-hybridized carbons (Fsp3) is 0.429. The number of rotatable bonds is 3. The number of aliphatic hydroxyl groups excluding tert-OH is 1. The molecule has 1 aromatic carbocycles. The highest BCUT2D eigenvalue weighted by molar-refractivity contribution is 6.00. The molecule has 0 spiro atoms. The largest absolute Gasteiger partial charge is 0.394 e. The zero-order chi connectivity index (χ0) is 13.4. The molecular weight excluding hydrogens is 246 g/mol. The van der Waals surface area contributed by atoms with Crippen molar-refractivity contribution in [2.45, 2.75) is 31.1 Å².